The average Bonchev–Trinajstić information content (AvgIpc) is 3.14. The summed E-state index contributed by atoms with van der Waals surface area (Å²) >= 11 is 0.855. The first-order chi connectivity index (χ1) is 11.5. The van der Waals surface area contributed by atoms with E-state index in [0.29, 0.717) is 16.4 Å². The van der Waals surface area contributed by atoms with E-state index in [-0.39, 0.29) is 17.6 Å². The van der Waals surface area contributed by atoms with Gasteiger partial charge in [0.05, 0.1) is 4.91 Å². The molecule has 122 valence electrons. The van der Waals surface area contributed by atoms with E-state index in [0.717, 1.165) is 17.3 Å². The van der Waals surface area contributed by atoms with Crippen LogP contribution in [0.5, 0.6) is 5.75 Å². The monoisotopic (exact) mass is 345 g/mol. The Labute approximate surface area is 140 Å². The molecule has 1 aromatic carbocycles. The highest BCUT2D eigenvalue weighted by Gasteiger charge is 2.24. The molecule has 8 heteroatoms. The zero-order valence-electron chi connectivity index (χ0n) is 12.1. The lowest BCUT2D eigenvalue weighted by molar-refractivity contribution is -0.115. The second-order valence-corrected chi connectivity index (χ2v) is 5.80. The van der Waals surface area contributed by atoms with E-state index >= 15 is 0 Å². The number of imide groups is 1. The van der Waals surface area contributed by atoms with Gasteiger partial charge in [-0.25, -0.2) is 4.79 Å². The fourth-order valence-electron chi connectivity index (χ4n) is 1.96. The van der Waals surface area contributed by atoms with Crippen LogP contribution in [-0.4, -0.2) is 22.2 Å². The molecule has 0 spiro atoms. The number of hydrogen-bond acceptors (Lipinski definition) is 6. The van der Waals surface area contributed by atoms with Crippen LogP contribution in [0.25, 0.3) is 6.08 Å². The highest BCUT2D eigenvalue weighted by molar-refractivity contribution is 8.18. The normalized spacial score (nSPS) is 15.6. The number of furan rings is 1. The summed E-state index contributed by atoms with van der Waals surface area (Å²) in [6, 6.07) is 9.78. The molecule has 2 heterocycles. The van der Waals surface area contributed by atoms with Crippen molar-refractivity contribution in [3.05, 3.63) is 58.4 Å². The van der Waals surface area contributed by atoms with E-state index < -0.39 is 11.9 Å². The summed E-state index contributed by atoms with van der Waals surface area (Å²) in [5.41, 5.74) is 0.751. The van der Waals surface area contributed by atoms with Gasteiger partial charge >= 0.3 is 5.97 Å². The Morgan fingerprint density at radius 3 is 2.54 bits per heavy atom. The van der Waals surface area contributed by atoms with E-state index in [1.165, 1.54) is 12.1 Å². The highest BCUT2D eigenvalue weighted by Crippen LogP contribution is 2.26. The van der Waals surface area contributed by atoms with Crippen LogP contribution in [0.4, 0.5) is 4.79 Å². The zero-order chi connectivity index (χ0) is 17.1. The van der Waals surface area contributed by atoms with Crippen molar-refractivity contribution in [2.45, 2.75) is 6.61 Å². The Bertz CT molecular complexity index is 837. The molecule has 1 saturated heterocycles. The second kappa shape index (κ2) is 6.63. The van der Waals surface area contributed by atoms with E-state index in [4.69, 9.17) is 14.3 Å². The Kier molecular flexibility index (Phi) is 4.39. The van der Waals surface area contributed by atoms with E-state index in [1.54, 1.807) is 30.3 Å². The topological polar surface area (TPSA) is 106 Å². The number of nitrogens with one attached hydrogen (secondary N) is 1. The molecule has 2 amide bonds. The number of aromatic carboxylic acids is 1. The third-order valence-electron chi connectivity index (χ3n) is 3.07. The van der Waals surface area contributed by atoms with Gasteiger partial charge in [-0.15, -0.1) is 0 Å². The molecular weight excluding hydrogens is 334 g/mol. The van der Waals surface area contributed by atoms with Gasteiger partial charge < -0.3 is 14.3 Å². The molecule has 0 saturated carbocycles. The maximum atomic E-state index is 11.5. The average molecular weight is 345 g/mol. The van der Waals surface area contributed by atoms with Crippen LogP contribution in [0.3, 0.4) is 0 Å². The van der Waals surface area contributed by atoms with Gasteiger partial charge in [-0.05, 0) is 47.7 Å². The first-order valence-corrected chi connectivity index (χ1v) is 7.62. The third-order valence-corrected chi connectivity index (χ3v) is 3.88. The summed E-state index contributed by atoms with van der Waals surface area (Å²) < 4.78 is 10.6. The van der Waals surface area contributed by atoms with Crippen LogP contribution >= 0.6 is 11.8 Å². The Balaban J connectivity index is 1.62. The van der Waals surface area contributed by atoms with Crippen molar-refractivity contribution in [2.24, 2.45) is 0 Å². The van der Waals surface area contributed by atoms with Crippen molar-refractivity contribution >= 4 is 35.0 Å². The maximum absolute atomic E-state index is 11.5. The van der Waals surface area contributed by atoms with Crippen molar-refractivity contribution in [2.75, 3.05) is 0 Å². The molecule has 1 aromatic heterocycles. The van der Waals surface area contributed by atoms with Crippen molar-refractivity contribution in [3.63, 3.8) is 0 Å². The molecule has 7 nitrogen and oxygen atoms in total. The molecule has 1 fully saturated rings. The van der Waals surface area contributed by atoms with Crippen LogP contribution < -0.4 is 10.1 Å². The summed E-state index contributed by atoms with van der Waals surface area (Å²) in [7, 11) is 0. The van der Waals surface area contributed by atoms with Crippen molar-refractivity contribution in [1.82, 2.24) is 5.32 Å². The predicted molar refractivity (Wildman–Crippen MR) is 85.5 cm³/mol. The Morgan fingerprint density at radius 1 is 1.21 bits per heavy atom. The molecule has 24 heavy (non-hydrogen) atoms. The van der Waals surface area contributed by atoms with Crippen LogP contribution in [0, 0.1) is 0 Å². The van der Waals surface area contributed by atoms with Crippen molar-refractivity contribution < 1.29 is 28.6 Å². The number of amides is 2. The summed E-state index contributed by atoms with van der Waals surface area (Å²) in [5.74, 6) is -0.720. The molecule has 0 radical (unpaired) electrons. The highest BCUT2D eigenvalue weighted by atomic mass is 32.2. The van der Waals surface area contributed by atoms with Crippen LogP contribution in [0.15, 0.2) is 45.7 Å². The van der Waals surface area contributed by atoms with Crippen LogP contribution in [0.1, 0.15) is 21.9 Å². The maximum Gasteiger partial charge on any atom is 0.371 e. The van der Waals surface area contributed by atoms with E-state index in [2.05, 4.69) is 5.32 Å². The van der Waals surface area contributed by atoms with E-state index in [9.17, 15) is 14.4 Å². The smallest absolute Gasteiger partial charge is 0.371 e. The molecule has 1 aliphatic rings. The fraction of sp³-hybridized carbons (Fsp3) is 0.0625. The number of benzene rings is 1. The van der Waals surface area contributed by atoms with Crippen LogP contribution in [0.2, 0.25) is 0 Å². The minimum atomic E-state index is -1.13. The van der Waals surface area contributed by atoms with Crippen molar-refractivity contribution in [1.29, 1.82) is 0 Å². The molecule has 0 aliphatic carbocycles. The summed E-state index contributed by atoms with van der Waals surface area (Å²) in [6.45, 7) is 0.0977. The summed E-state index contributed by atoms with van der Waals surface area (Å²) in [4.78, 5) is 33.6. The zero-order valence-corrected chi connectivity index (χ0v) is 13.0. The molecule has 2 aromatic rings. The molecule has 3 rings (SSSR count). The van der Waals surface area contributed by atoms with Gasteiger partial charge in [0.1, 0.15) is 18.1 Å². The number of rotatable bonds is 5. The minimum Gasteiger partial charge on any atom is -0.486 e. The SMILES string of the molecule is O=C1NC(=O)C(=Cc2ccc(OCc3ccc(C(=O)O)o3)cc2)S1. The van der Waals surface area contributed by atoms with Gasteiger partial charge in [0, 0.05) is 0 Å². The predicted octanol–water partition coefficient (Wildman–Crippen LogP) is 2.88. The number of carbonyl (C=O) groups is 3. The quantitative estimate of drug-likeness (QED) is 0.803. The lowest BCUT2D eigenvalue weighted by Crippen LogP contribution is -2.17. The number of ether oxygens (including phenoxy) is 1. The molecule has 0 unspecified atom stereocenters. The molecule has 0 atom stereocenters. The number of hydrogen-bond donors (Lipinski definition) is 2. The molecule has 1 aliphatic heterocycles. The minimum absolute atomic E-state index is 0.0977. The Morgan fingerprint density at radius 2 is 1.96 bits per heavy atom. The largest absolute Gasteiger partial charge is 0.486 e. The number of thioether (sulfide) groups is 1. The number of carboxylic acid groups (broad SMARTS) is 1. The summed E-state index contributed by atoms with van der Waals surface area (Å²) in [5, 5.41) is 10.6. The van der Waals surface area contributed by atoms with E-state index in [1.807, 2.05) is 0 Å². The van der Waals surface area contributed by atoms with Gasteiger partial charge in [-0.2, -0.15) is 0 Å². The van der Waals surface area contributed by atoms with Gasteiger partial charge in [-0.3, -0.25) is 14.9 Å². The Hall–Kier alpha value is -3.00. The lowest BCUT2D eigenvalue weighted by Gasteiger charge is -2.04. The van der Waals surface area contributed by atoms with Crippen LogP contribution in [-0.2, 0) is 11.4 Å². The third kappa shape index (κ3) is 3.66. The molecular formula is C16H11NO6S. The second-order valence-electron chi connectivity index (χ2n) is 4.78. The molecule has 2 N–H and O–H groups in total. The van der Waals surface area contributed by atoms with Crippen molar-refractivity contribution in [3.8, 4) is 5.75 Å². The standard InChI is InChI=1S/C16H11NO6S/c18-14-13(24-16(21)17-14)7-9-1-3-10(4-2-9)22-8-11-5-6-12(23-11)15(19)20/h1-7H,8H2,(H,19,20)(H,17,18,21). The lowest BCUT2D eigenvalue weighted by atomic mass is 10.2. The number of carbonyl (C=O) groups excluding carboxylic acids is 2. The number of carboxylic acids is 1. The molecule has 0 bridgehead atoms. The van der Waals surface area contributed by atoms with Gasteiger partial charge in [0.25, 0.3) is 11.1 Å². The fourth-order valence-corrected chi connectivity index (χ4v) is 2.64. The first kappa shape index (κ1) is 15.9. The van der Waals surface area contributed by atoms with Gasteiger partial charge in [0.15, 0.2) is 0 Å². The van der Waals surface area contributed by atoms with Gasteiger partial charge in [-0.1, -0.05) is 12.1 Å². The first-order valence-electron chi connectivity index (χ1n) is 6.81. The summed E-state index contributed by atoms with van der Waals surface area (Å²) in [6.07, 6.45) is 1.61. The van der Waals surface area contributed by atoms with Gasteiger partial charge in [0.2, 0.25) is 5.76 Å².